The van der Waals surface area contributed by atoms with Crippen LogP contribution in [0.2, 0.25) is 0 Å². The summed E-state index contributed by atoms with van der Waals surface area (Å²) in [6.07, 6.45) is 3.11. The molecule has 0 spiro atoms. The molecule has 1 rings (SSSR count). The average Bonchev–Trinajstić information content (AvgIpc) is 1.88. The van der Waals surface area contributed by atoms with Crippen LogP contribution in [0.15, 0.2) is 11.8 Å². The van der Waals surface area contributed by atoms with Crippen molar-refractivity contribution in [3.8, 4) is 0 Å². The summed E-state index contributed by atoms with van der Waals surface area (Å²) < 4.78 is 2.20. The van der Waals surface area contributed by atoms with Crippen molar-refractivity contribution in [1.82, 2.24) is 8.43 Å². The van der Waals surface area contributed by atoms with Crippen molar-refractivity contribution in [2.45, 2.75) is 0 Å². The molecule has 1 aliphatic rings. The Kier molecular flexibility index (Phi) is 3.14. The molecule has 0 radical (unpaired) electrons. The van der Waals surface area contributed by atoms with Gasteiger partial charge in [0.1, 0.15) is 0 Å². The number of hydrogen-bond acceptors (Lipinski definition) is 3. The lowest BCUT2D eigenvalue weighted by Crippen LogP contribution is -2.36. The number of nitrogens with zero attached hydrogens (tertiary/aromatic N) is 1. The normalized spacial score (nSPS) is 24.3. The quantitative estimate of drug-likeness (QED) is 0.410. The molecule has 0 aromatic heterocycles. The molecule has 0 bridgehead atoms. The zero-order valence-corrected chi connectivity index (χ0v) is 7.76. The van der Waals surface area contributed by atoms with E-state index in [1.54, 1.807) is 6.08 Å². The van der Waals surface area contributed by atoms with Gasteiger partial charge in [0.25, 0.3) is 0 Å². The van der Waals surface area contributed by atoms with Crippen LogP contribution >= 0.6 is 22.9 Å². The van der Waals surface area contributed by atoms with E-state index in [-0.39, 0.29) is 0 Å². The minimum Gasteiger partial charge on any atom is -0.386 e. The smallest absolute Gasteiger partial charge is 0.0481 e. The lowest BCUT2D eigenvalue weighted by atomic mass is 10.3. The molecular weight excluding hydrogens is 241 g/mol. The first-order chi connectivity index (χ1) is 4.83. The largest absolute Gasteiger partial charge is 0.386 e. The van der Waals surface area contributed by atoms with Crippen LogP contribution in [0.4, 0.5) is 0 Å². The van der Waals surface area contributed by atoms with Gasteiger partial charge in [0, 0.05) is 54.4 Å². The predicted octanol–water partition coefficient (Wildman–Crippen LogP) is 0.775. The van der Waals surface area contributed by atoms with Crippen LogP contribution in [-0.2, 0) is 0 Å². The Morgan fingerprint density at radius 3 is 3.10 bits per heavy atom. The molecular formula is C6H10IN3. The second kappa shape index (κ2) is 3.92. The maximum Gasteiger partial charge on any atom is 0.0481 e. The lowest BCUT2D eigenvalue weighted by Gasteiger charge is -2.23. The summed E-state index contributed by atoms with van der Waals surface area (Å²) >= 11 is 2.29. The first-order valence-electron chi connectivity index (χ1n) is 3.17. The van der Waals surface area contributed by atoms with Gasteiger partial charge in [-0.3, -0.25) is 0 Å². The van der Waals surface area contributed by atoms with Crippen LogP contribution in [0.1, 0.15) is 0 Å². The molecule has 3 nitrogen and oxygen atoms in total. The van der Waals surface area contributed by atoms with E-state index in [9.17, 15) is 0 Å². The maximum atomic E-state index is 6.84. The fourth-order valence-corrected chi connectivity index (χ4v) is 1.48. The number of nitrogens with one attached hydrogen (secondary N) is 2. The number of rotatable bonds is 1. The first-order valence-corrected chi connectivity index (χ1v) is 4.13. The molecule has 1 saturated heterocycles. The maximum absolute atomic E-state index is 6.84. The van der Waals surface area contributed by atoms with E-state index < -0.39 is 0 Å². The van der Waals surface area contributed by atoms with Gasteiger partial charge in [-0.25, -0.2) is 3.11 Å². The van der Waals surface area contributed by atoms with Crippen molar-refractivity contribution >= 4 is 29.1 Å². The Morgan fingerprint density at radius 2 is 2.50 bits per heavy atom. The zero-order chi connectivity index (χ0) is 7.40. The van der Waals surface area contributed by atoms with Gasteiger partial charge in [0.15, 0.2) is 0 Å². The predicted molar refractivity (Wildman–Crippen MR) is 50.5 cm³/mol. The molecule has 10 heavy (non-hydrogen) atoms. The average molecular weight is 251 g/mol. The zero-order valence-electron chi connectivity index (χ0n) is 5.60. The molecule has 1 heterocycles. The summed E-state index contributed by atoms with van der Waals surface area (Å²) in [6, 6.07) is 0. The SMILES string of the molecule is N=C/C=C1/CN(I)CCN1. The highest BCUT2D eigenvalue weighted by Crippen LogP contribution is 2.05. The molecule has 0 aromatic carbocycles. The van der Waals surface area contributed by atoms with Gasteiger partial charge in [-0.05, 0) is 6.08 Å². The van der Waals surface area contributed by atoms with E-state index in [0.29, 0.717) is 0 Å². The Hall–Kier alpha value is -0.100. The molecule has 0 aromatic rings. The van der Waals surface area contributed by atoms with Crippen molar-refractivity contribution in [2.75, 3.05) is 19.6 Å². The molecule has 0 saturated carbocycles. The third kappa shape index (κ3) is 2.26. The molecule has 2 N–H and O–H groups in total. The van der Waals surface area contributed by atoms with Gasteiger partial charge in [0.2, 0.25) is 0 Å². The Balaban J connectivity index is 2.46. The summed E-state index contributed by atoms with van der Waals surface area (Å²) in [5, 5.41) is 10.1. The van der Waals surface area contributed by atoms with Crippen molar-refractivity contribution in [1.29, 1.82) is 5.41 Å². The summed E-state index contributed by atoms with van der Waals surface area (Å²) in [4.78, 5) is 0. The molecule has 4 heteroatoms. The van der Waals surface area contributed by atoms with Crippen molar-refractivity contribution in [3.05, 3.63) is 11.8 Å². The van der Waals surface area contributed by atoms with E-state index in [0.717, 1.165) is 25.3 Å². The van der Waals surface area contributed by atoms with Gasteiger partial charge >= 0.3 is 0 Å². The van der Waals surface area contributed by atoms with Crippen LogP contribution in [0.3, 0.4) is 0 Å². The monoisotopic (exact) mass is 251 g/mol. The van der Waals surface area contributed by atoms with Crippen LogP contribution in [0.5, 0.6) is 0 Å². The summed E-state index contributed by atoms with van der Waals surface area (Å²) in [7, 11) is 0. The molecule has 0 aliphatic carbocycles. The summed E-state index contributed by atoms with van der Waals surface area (Å²) in [6.45, 7) is 2.99. The minimum atomic E-state index is 0.927. The molecule has 56 valence electrons. The summed E-state index contributed by atoms with van der Waals surface area (Å²) in [5.41, 5.74) is 1.13. The number of hydrogen-bond donors (Lipinski definition) is 2. The van der Waals surface area contributed by atoms with Crippen LogP contribution in [0, 0.1) is 5.41 Å². The Labute approximate surface area is 74.5 Å². The molecule has 0 amide bonds. The second-order valence-electron chi connectivity index (χ2n) is 2.13. The molecule has 0 unspecified atom stereocenters. The highest BCUT2D eigenvalue weighted by Gasteiger charge is 2.08. The van der Waals surface area contributed by atoms with E-state index in [1.807, 2.05) is 0 Å². The van der Waals surface area contributed by atoms with Gasteiger partial charge in [-0.2, -0.15) is 0 Å². The highest BCUT2D eigenvalue weighted by atomic mass is 127. The van der Waals surface area contributed by atoms with Crippen LogP contribution in [0.25, 0.3) is 0 Å². The second-order valence-corrected chi connectivity index (χ2v) is 3.49. The number of allylic oxidation sites excluding steroid dienone is 1. The van der Waals surface area contributed by atoms with Crippen LogP contribution in [-0.4, -0.2) is 29.0 Å². The van der Waals surface area contributed by atoms with E-state index in [1.165, 1.54) is 6.21 Å². The number of piperazine rings is 1. The fourth-order valence-electron chi connectivity index (χ4n) is 0.870. The van der Waals surface area contributed by atoms with Gasteiger partial charge in [-0.1, -0.05) is 0 Å². The van der Waals surface area contributed by atoms with Crippen LogP contribution < -0.4 is 5.32 Å². The van der Waals surface area contributed by atoms with E-state index in [4.69, 9.17) is 5.41 Å². The van der Waals surface area contributed by atoms with Gasteiger partial charge < -0.3 is 10.7 Å². The van der Waals surface area contributed by atoms with Gasteiger partial charge in [0.05, 0.1) is 0 Å². The third-order valence-electron chi connectivity index (χ3n) is 1.33. The third-order valence-corrected chi connectivity index (χ3v) is 2.16. The highest BCUT2D eigenvalue weighted by molar-refractivity contribution is 14.1. The Bertz CT molecular complexity index is 155. The summed E-state index contributed by atoms with van der Waals surface area (Å²) in [5.74, 6) is 0. The molecule has 1 fully saturated rings. The van der Waals surface area contributed by atoms with E-state index in [2.05, 4.69) is 31.3 Å². The number of halogens is 1. The van der Waals surface area contributed by atoms with Crippen molar-refractivity contribution in [3.63, 3.8) is 0 Å². The van der Waals surface area contributed by atoms with Crippen molar-refractivity contribution < 1.29 is 0 Å². The lowest BCUT2D eigenvalue weighted by molar-refractivity contribution is 0.472. The first kappa shape index (κ1) is 8.00. The van der Waals surface area contributed by atoms with E-state index >= 15 is 0 Å². The van der Waals surface area contributed by atoms with Crippen molar-refractivity contribution in [2.24, 2.45) is 0 Å². The topological polar surface area (TPSA) is 39.1 Å². The minimum absolute atomic E-state index is 0.927. The standard InChI is InChI=1S/C6H10IN3/c7-10-4-3-9-6(5-10)1-2-8/h1-2,8-9H,3-5H2/b6-1-,8-2?. The molecule has 0 atom stereocenters. The molecule has 1 aliphatic heterocycles. The Morgan fingerprint density at radius 1 is 1.70 bits per heavy atom. The fraction of sp³-hybridized carbons (Fsp3) is 0.500. The van der Waals surface area contributed by atoms with Gasteiger partial charge in [-0.15, -0.1) is 0 Å².